The topological polar surface area (TPSA) is 61.6 Å². The highest BCUT2D eigenvalue weighted by Gasteiger charge is 2.16. The van der Waals surface area contributed by atoms with Gasteiger partial charge in [-0.3, -0.25) is 0 Å². The molecular weight excluding hydrogens is 270 g/mol. The number of aromatic nitrogens is 1. The number of esters is 1. The Hall–Kier alpha value is -2.30. The standard InChI is InChI=1S/C16H19NO4/c1-5-19-14(18)13-10-20-15(17-13)21-12-8-6-7-11(9-12)16(2,3)4/h6-10H,5H2,1-4H3. The lowest BCUT2D eigenvalue weighted by Gasteiger charge is -2.19. The minimum Gasteiger partial charge on any atom is -0.461 e. The Morgan fingerprint density at radius 3 is 2.76 bits per heavy atom. The molecule has 21 heavy (non-hydrogen) atoms. The van der Waals surface area contributed by atoms with Gasteiger partial charge in [-0.2, -0.15) is 4.98 Å². The van der Waals surface area contributed by atoms with Crippen molar-refractivity contribution >= 4 is 5.97 Å². The highest BCUT2D eigenvalue weighted by atomic mass is 16.6. The first kappa shape index (κ1) is 15.1. The molecule has 0 aliphatic carbocycles. The maximum atomic E-state index is 11.5. The molecule has 1 aromatic carbocycles. The molecule has 0 fully saturated rings. The average molecular weight is 289 g/mol. The first-order chi connectivity index (χ1) is 9.90. The van der Waals surface area contributed by atoms with E-state index < -0.39 is 5.97 Å². The Labute approximate surface area is 123 Å². The van der Waals surface area contributed by atoms with Gasteiger partial charge >= 0.3 is 12.0 Å². The first-order valence-corrected chi connectivity index (χ1v) is 6.81. The Kier molecular flexibility index (Phi) is 4.31. The van der Waals surface area contributed by atoms with E-state index in [9.17, 15) is 4.79 Å². The van der Waals surface area contributed by atoms with Crippen LogP contribution in [-0.2, 0) is 10.2 Å². The highest BCUT2D eigenvalue weighted by molar-refractivity contribution is 5.86. The van der Waals surface area contributed by atoms with Gasteiger partial charge in [0.25, 0.3) is 0 Å². The van der Waals surface area contributed by atoms with E-state index in [2.05, 4.69) is 25.8 Å². The lowest BCUT2D eigenvalue weighted by atomic mass is 9.87. The van der Waals surface area contributed by atoms with Gasteiger partial charge in [0.1, 0.15) is 12.0 Å². The van der Waals surface area contributed by atoms with Crippen LogP contribution in [0.1, 0.15) is 43.7 Å². The highest BCUT2D eigenvalue weighted by Crippen LogP contribution is 2.28. The van der Waals surface area contributed by atoms with Crippen molar-refractivity contribution in [2.24, 2.45) is 0 Å². The largest absolute Gasteiger partial charge is 0.461 e. The molecule has 0 radical (unpaired) electrons. The van der Waals surface area contributed by atoms with Gasteiger partial charge in [-0.05, 0) is 30.0 Å². The number of carbonyl (C=O) groups is 1. The van der Waals surface area contributed by atoms with E-state index in [1.165, 1.54) is 6.26 Å². The summed E-state index contributed by atoms with van der Waals surface area (Å²) in [6, 6.07) is 7.68. The number of nitrogens with zero attached hydrogens (tertiary/aromatic N) is 1. The van der Waals surface area contributed by atoms with Gasteiger partial charge < -0.3 is 13.9 Å². The number of hydrogen-bond acceptors (Lipinski definition) is 5. The van der Waals surface area contributed by atoms with Crippen molar-refractivity contribution in [3.05, 3.63) is 41.8 Å². The molecule has 1 heterocycles. The van der Waals surface area contributed by atoms with Crippen LogP contribution in [0.25, 0.3) is 0 Å². The SMILES string of the molecule is CCOC(=O)c1coc(Oc2cccc(C(C)(C)C)c2)n1. The molecule has 0 bridgehead atoms. The summed E-state index contributed by atoms with van der Waals surface area (Å²) >= 11 is 0. The fourth-order valence-electron chi connectivity index (χ4n) is 1.73. The lowest BCUT2D eigenvalue weighted by Crippen LogP contribution is -2.10. The molecule has 0 amide bonds. The third kappa shape index (κ3) is 3.84. The van der Waals surface area contributed by atoms with Crippen molar-refractivity contribution in [1.29, 1.82) is 0 Å². The molecule has 2 rings (SSSR count). The molecule has 0 aliphatic heterocycles. The van der Waals surface area contributed by atoms with Crippen LogP contribution in [0.2, 0.25) is 0 Å². The molecule has 0 aliphatic rings. The molecule has 0 unspecified atom stereocenters. The van der Waals surface area contributed by atoms with Gasteiger partial charge in [0.05, 0.1) is 6.61 Å². The molecule has 0 spiro atoms. The summed E-state index contributed by atoms with van der Waals surface area (Å²) < 4.78 is 15.5. The molecule has 0 N–H and O–H groups in total. The molecule has 5 heteroatoms. The number of rotatable bonds is 4. The second-order valence-corrected chi connectivity index (χ2v) is 5.60. The summed E-state index contributed by atoms with van der Waals surface area (Å²) in [4.78, 5) is 15.4. The minimum absolute atomic E-state index is 0.0177. The van der Waals surface area contributed by atoms with Crippen LogP contribution in [0.15, 0.2) is 34.9 Å². The third-order valence-electron chi connectivity index (χ3n) is 2.87. The van der Waals surface area contributed by atoms with E-state index in [0.29, 0.717) is 5.75 Å². The fraction of sp³-hybridized carbons (Fsp3) is 0.375. The maximum absolute atomic E-state index is 11.5. The molecule has 0 saturated heterocycles. The zero-order valence-corrected chi connectivity index (χ0v) is 12.7. The van der Waals surface area contributed by atoms with Gasteiger partial charge in [-0.25, -0.2) is 4.79 Å². The predicted octanol–water partition coefficient (Wildman–Crippen LogP) is 3.94. The van der Waals surface area contributed by atoms with Crippen LogP contribution in [0.5, 0.6) is 11.8 Å². The van der Waals surface area contributed by atoms with Crippen LogP contribution < -0.4 is 4.74 Å². The average Bonchev–Trinajstić information content (AvgIpc) is 2.87. The zero-order valence-electron chi connectivity index (χ0n) is 12.7. The van der Waals surface area contributed by atoms with Crippen LogP contribution in [0.4, 0.5) is 0 Å². The minimum atomic E-state index is -0.528. The molecule has 1 aromatic heterocycles. The summed E-state index contributed by atoms with van der Waals surface area (Å²) in [5, 5.41) is 0. The Morgan fingerprint density at radius 1 is 1.33 bits per heavy atom. The molecule has 0 saturated carbocycles. The van der Waals surface area contributed by atoms with E-state index in [0.717, 1.165) is 5.56 Å². The molecular formula is C16H19NO4. The summed E-state index contributed by atoms with van der Waals surface area (Å²) in [7, 11) is 0. The Balaban J connectivity index is 2.14. The molecule has 5 nitrogen and oxygen atoms in total. The number of carbonyl (C=O) groups excluding carboxylic acids is 1. The van der Waals surface area contributed by atoms with E-state index in [-0.39, 0.29) is 23.8 Å². The number of ether oxygens (including phenoxy) is 2. The number of hydrogen-bond donors (Lipinski definition) is 0. The smallest absolute Gasteiger partial charge is 0.399 e. The van der Waals surface area contributed by atoms with Crippen molar-refractivity contribution in [2.45, 2.75) is 33.1 Å². The fourth-order valence-corrected chi connectivity index (χ4v) is 1.73. The van der Waals surface area contributed by atoms with Crippen LogP contribution in [0, 0.1) is 0 Å². The summed E-state index contributed by atoms with van der Waals surface area (Å²) in [6.07, 6.45) is 1.24. The molecule has 0 atom stereocenters. The summed E-state index contributed by atoms with van der Waals surface area (Å²) in [5.41, 5.74) is 1.25. The first-order valence-electron chi connectivity index (χ1n) is 6.81. The third-order valence-corrected chi connectivity index (χ3v) is 2.87. The summed E-state index contributed by atoms with van der Waals surface area (Å²) in [5.74, 6) is 0.0826. The predicted molar refractivity (Wildman–Crippen MR) is 77.7 cm³/mol. The van der Waals surface area contributed by atoms with E-state index >= 15 is 0 Å². The van der Waals surface area contributed by atoms with Gasteiger partial charge in [-0.15, -0.1) is 0 Å². The van der Waals surface area contributed by atoms with E-state index in [1.54, 1.807) is 6.92 Å². The second-order valence-electron chi connectivity index (χ2n) is 5.60. The summed E-state index contributed by atoms with van der Waals surface area (Å²) in [6.45, 7) is 8.38. The van der Waals surface area contributed by atoms with E-state index in [4.69, 9.17) is 13.9 Å². The molecule has 2 aromatic rings. The van der Waals surface area contributed by atoms with Gasteiger partial charge in [0, 0.05) is 0 Å². The second kappa shape index (κ2) is 5.99. The monoisotopic (exact) mass is 289 g/mol. The quantitative estimate of drug-likeness (QED) is 0.798. The van der Waals surface area contributed by atoms with Gasteiger partial charge in [0.15, 0.2) is 5.69 Å². The number of oxazole rings is 1. The van der Waals surface area contributed by atoms with Crippen LogP contribution in [-0.4, -0.2) is 17.6 Å². The normalized spacial score (nSPS) is 11.2. The molecule has 112 valence electrons. The maximum Gasteiger partial charge on any atom is 0.399 e. The van der Waals surface area contributed by atoms with Crippen molar-refractivity contribution in [3.8, 4) is 11.8 Å². The van der Waals surface area contributed by atoms with Gasteiger partial charge in [-0.1, -0.05) is 32.9 Å². The Bertz CT molecular complexity index is 625. The van der Waals surface area contributed by atoms with E-state index in [1.807, 2.05) is 24.3 Å². The van der Waals surface area contributed by atoms with Crippen molar-refractivity contribution in [1.82, 2.24) is 4.98 Å². The van der Waals surface area contributed by atoms with Crippen LogP contribution in [0.3, 0.4) is 0 Å². The number of benzene rings is 1. The van der Waals surface area contributed by atoms with Crippen molar-refractivity contribution < 1.29 is 18.7 Å². The Morgan fingerprint density at radius 2 is 2.10 bits per heavy atom. The van der Waals surface area contributed by atoms with Crippen molar-refractivity contribution in [3.63, 3.8) is 0 Å². The lowest BCUT2D eigenvalue weighted by molar-refractivity contribution is 0.0519. The zero-order chi connectivity index (χ0) is 15.5. The van der Waals surface area contributed by atoms with Crippen molar-refractivity contribution in [2.75, 3.05) is 6.61 Å². The van der Waals surface area contributed by atoms with Crippen LogP contribution >= 0.6 is 0 Å². The van der Waals surface area contributed by atoms with Gasteiger partial charge in [0.2, 0.25) is 0 Å².